The zero-order valence-electron chi connectivity index (χ0n) is 9.57. The number of halogens is 1. The van der Waals surface area contributed by atoms with Crippen LogP contribution >= 0.6 is 15.9 Å². The van der Waals surface area contributed by atoms with Crippen LogP contribution in [0, 0.1) is 5.41 Å². The molecular weight excluding hydrogens is 226 g/mol. The molecule has 0 rings (SSSR count). The van der Waals surface area contributed by atoms with E-state index in [9.17, 15) is 0 Å². The van der Waals surface area contributed by atoms with Gasteiger partial charge in [-0.15, -0.1) is 0 Å². The minimum atomic E-state index is 0.404. The Morgan fingerprint density at radius 1 is 1.23 bits per heavy atom. The van der Waals surface area contributed by atoms with Crippen LogP contribution in [0.25, 0.3) is 0 Å². The summed E-state index contributed by atoms with van der Waals surface area (Å²) in [4.78, 5) is 2.44. The summed E-state index contributed by atoms with van der Waals surface area (Å²) >= 11 is 3.55. The Kier molecular flexibility index (Phi) is 7.06. The van der Waals surface area contributed by atoms with Gasteiger partial charge in [0.05, 0.1) is 0 Å². The van der Waals surface area contributed by atoms with Gasteiger partial charge in [-0.2, -0.15) is 0 Å². The summed E-state index contributed by atoms with van der Waals surface area (Å²) in [5, 5.41) is 1.08. The van der Waals surface area contributed by atoms with Gasteiger partial charge in [0.25, 0.3) is 0 Å². The second-order valence-corrected chi connectivity index (χ2v) is 5.30. The maximum absolute atomic E-state index is 3.55. The lowest BCUT2D eigenvalue weighted by Gasteiger charge is -2.28. The van der Waals surface area contributed by atoms with E-state index in [1.165, 1.54) is 32.4 Å². The zero-order valence-corrected chi connectivity index (χ0v) is 11.2. The summed E-state index contributed by atoms with van der Waals surface area (Å²) in [6, 6.07) is 0. The molecule has 80 valence electrons. The minimum Gasteiger partial charge on any atom is -0.306 e. The monoisotopic (exact) mass is 249 g/mol. The predicted molar refractivity (Wildman–Crippen MR) is 64.6 cm³/mol. The third-order valence-corrected chi connectivity index (χ3v) is 3.72. The Hall–Kier alpha value is 0.440. The Labute approximate surface area is 92.0 Å². The summed E-state index contributed by atoms with van der Waals surface area (Å²) < 4.78 is 0. The fourth-order valence-corrected chi connectivity index (χ4v) is 1.66. The molecule has 0 amide bonds. The van der Waals surface area contributed by atoms with Crippen molar-refractivity contribution in [2.24, 2.45) is 5.41 Å². The average Bonchev–Trinajstić information content (AvgIpc) is 2.04. The molecule has 2 heteroatoms. The van der Waals surface area contributed by atoms with Gasteiger partial charge >= 0.3 is 0 Å². The Balaban J connectivity index is 3.55. The Morgan fingerprint density at radius 2 is 1.85 bits per heavy atom. The molecule has 0 aromatic carbocycles. The van der Waals surface area contributed by atoms with Crippen LogP contribution in [0.5, 0.6) is 0 Å². The van der Waals surface area contributed by atoms with Crippen molar-refractivity contribution in [2.75, 3.05) is 25.5 Å². The molecule has 0 saturated carbocycles. The molecule has 0 heterocycles. The normalized spacial score (nSPS) is 12.5. The first-order chi connectivity index (χ1) is 6.02. The topological polar surface area (TPSA) is 3.24 Å². The summed E-state index contributed by atoms with van der Waals surface area (Å²) in [7, 11) is 2.22. The molecule has 0 aliphatic heterocycles. The number of rotatable bonds is 7. The van der Waals surface area contributed by atoms with Crippen molar-refractivity contribution < 1.29 is 0 Å². The van der Waals surface area contributed by atoms with Crippen LogP contribution in [0.1, 0.15) is 40.0 Å². The van der Waals surface area contributed by atoms with Crippen LogP contribution in [-0.2, 0) is 0 Å². The molecule has 0 radical (unpaired) electrons. The maximum atomic E-state index is 3.55. The molecule has 0 fully saturated rings. The second kappa shape index (κ2) is 6.83. The highest BCUT2D eigenvalue weighted by molar-refractivity contribution is 9.09. The second-order valence-electron chi connectivity index (χ2n) is 4.74. The highest BCUT2D eigenvalue weighted by Gasteiger charge is 2.17. The highest BCUT2D eigenvalue weighted by Crippen LogP contribution is 2.19. The van der Waals surface area contributed by atoms with Gasteiger partial charge in [-0.3, -0.25) is 0 Å². The van der Waals surface area contributed by atoms with Crippen LogP contribution < -0.4 is 0 Å². The van der Waals surface area contributed by atoms with Gasteiger partial charge in [0, 0.05) is 11.9 Å². The van der Waals surface area contributed by atoms with Crippen molar-refractivity contribution >= 4 is 15.9 Å². The third-order valence-electron chi connectivity index (χ3n) is 2.20. The first-order valence-electron chi connectivity index (χ1n) is 5.26. The SMILES string of the molecule is CCCCCN(C)CC(C)(C)CBr. The maximum Gasteiger partial charge on any atom is 0.00949 e. The van der Waals surface area contributed by atoms with Gasteiger partial charge in [0.2, 0.25) is 0 Å². The number of nitrogens with zero attached hydrogens (tertiary/aromatic N) is 1. The van der Waals surface area contributed by atoms with Crippen LogP contribution in [0.2, 0.25) is 0 Å². The molecular formula is C11H24BrN. The van der Waals surface area contributed by atoms with Crippen molar-refractivity contribution in [3.8, 4) is 0 Å². The van der Waals surface area contributed by atoms with Crippen molar-refractivity contribution in [1.82, 2.24) is 4.90 Å². The molecule has 0 N–H and O–H groups in total. The van der Waals surface area contributed by atoms with E-state index in [2.05, 4.69) is 48.6 Å². The van der Waals surface area contributed by atoms with Crippen molar-refractivity contribution in [3.05, 3.63) is 0 Å². The van der Waals surface area contributed by atoms with Crippen LogP contribution in [0.4, 0.5) is 0 Å². The van der Waals surface area contributed by atoms with E-state index in [1.54, 1.807) is 0 Å². The van der Waals surface area contributed by atoms with Crippen LogP contribution in [0.3, 0.4) is 0 Å². The van der Waals surface area contributed by atoms with Gasteiger partial charge < -0.3 is 4.90 Å². The van der Waals surface area contributed by atoms with Crippen LogP contribution in [-0.4, -0.2) is 30.4 Å². The molecule has 0 aromatic heterocycles. The largest absolute Gasteiger partial charge is 0.306 e. The van der Waals surface area contributed by atoms with Gasteiger partial charge in [0.15, 0.2) is 0 Å². The standard InChI is InChI=1S/C11H24BrN/c1-5-6-7-8-13(4)10-11(2,3)9-12/h5-10H2,1-4H3. The van der Waals surface area contributed by atoms with E-state index in [1.807, 2.05) is 0 Å². The van der Waals surface area contributed by atoms with E-state index in [4.69, 9.17) is 0 Å². The molecule has 0 spiro atoms. The number of alkyl halides is 1. The third kappa shape index (κ3) is 7.51. The molecule has 0 saturated heterocycles. The van der Waals surface area contributed by atoms with E-state index in [-0.39, 0.29) is 0 Å². The van der Waals surface area contributed by atoms with E-state index >= 15 is 0 Å². The first kappa shape index (κ1) is 13.4. The lowest BCUT2D eigenvalue weighted by atomic mass is 9.96. The van der Waals surface area contributed by atoms with E-state index < -0.39 is 0 Å². The molecule has 0 aliphatic rings. The van der Waals surface area contributed by atoms with E-state index in [0.717, 1.165) is 5.33 Å². The van der Waals surface area contributed by atoms with E-state index in [0.29, 0.717) is 5.41 Å². The number of unbranched alkanes of at least 4 members (excludes halogenated alkanes) is 2. The Morgan fingerprint density at radius 3 is 2.31 bits per heavy atom. The smallest absolute Gasteiger partial charge is 0.00949 e. The zero-order chi connectivity index (χ0) is 10.3. The lowest BCUT2D eigenvalue weighted by Crippen LogP contribution is -2.33. The number of hydrogen-bond acceptors (Lipinski definition) is 1. The van der Waals surface area contributed by atoms with Crippen LogP contribution in [0.15, 0.2) is 0 Å². The lowest BCUT2D eigenvalue weighted by molar-refractivity contribution is 0.228. The fourth-order valence-electron chi connectivity index (χ4n) is 1.48. The first-order valence-corrected chi connectivity index (χ1v) is 6.38. The summed E-state index contributed by atoms with van der Waals surface area (Å²) in [5.41, 5.74) is 0.404. The molecule has 0 aromatic rings. The molecule has 0 unspecified atom stereocenters. The number of hydrogen-bond donors (Lipinski definition) is 0. The van der Waals surface area contributed by atoms with Gasteiger partial charge in [-0.05, 0) is 25.4 Å². The van der Waals surface area contributed by atoms with Crippen molar-refractivity contribution in [3.63, 3.8) is 0 Å². The molecule has 0 aliphatic carbocycles. The highest BCUT2D eigenvalue weighted by atomic mass is 79.9. The summed E-state index contributed by atoms with van der Waals surface area (Å²) in [6.07, 6.45) is 4.01. The average molecular weight is 250 g/mol. The Bertz CT molecular complexity index is 123. The van der Waals surface area contributed by atoms with Gasteiger partial charge in [-0.25, -0.2) is 0 Å². The summed E-state index contributed by atoms with van der Waals surface area (Å²) in [5.74, 6) is 0. The molecule has 0 bridgehead atoms. The van der Waals surface area contributed by atoms with Crippen molar-refractivity contribution in [2.45, 2.75) is 40.0 Å². The summed E-state index contributed by atoms with van der Waals surface area (Å²) in [6.45, 7) is 9.28. The van der Waals surface area contributed by atoms with Crippen molar-refractivity contribution in [1.29, 1.82) is 0 Å². The predicted octanol–water partition coefficient (Wildman–Crippen LogP) is 3.53. The minimum absolute atomic E-state index is 0.404. The molecule has 1 nitrogen and oxygen atoms in total. The molecule has 0 atom stereocenters. The van der Waals surface area contributed by atoms with Gasteiger partial charge in [-0.1, -0.05) is 49.5 Å². The van der Waals surface area contributed by atoms with Gasteiger partial charge in [0.1, 0.15) is 0 Å². The fraction of sp³-hybridized carbons (Fsp3) is 1.00. The molecule has 13 heavy (non-hydrogen) atoms. The quantitative estimate of drug-likeness (QED) is 0.493.